The highest BCUT2D eigenvalue weighted by Gasteiger charge is 2.00. The Labute approximate surface area is 56.2 Å². The van der Waals surface area contributed by atoms with Gasteiger partial charge in [0, 0.05) is 12.6 Å². The second-order valence-corrected chi connectivity index (χ2v) is 2.07. The Hall–Kier alpha value is -0.790. The van der Waals surface area contributed by atoms with Crippen molar-refractivity contribution in [1.29, 1.82) is 0 Å². The lowest BCUT2D eigenvalue weighted by atomic mass is 10.2. The molecule has 0 aromatic carbocycles. The number of nitrogens with zero attached hydrogens (tertiary/aromatic N) is 1. The first-order chi connectivity index (χ1) is 4.22. The van der Waals surface area contributed by atoms with E-state index in [1.54, 1.807) is 0 Å². The molecule has 0 atom stereocenters. The predicted molar refractivity (Wildman–Crippen MR) is 39.2 cm³/mol. The van der Waals surface area contributed by atoms with Gasteiger partial charge in [0.2, 0.25) is 0 Å². The fourth-order valence-corrected chi connectivity index (χ4v) is 0.566. The van der Waals surface area contributed by atoms with Gasteiger partial charge in [0.1, 0.15) is 5.76 Å². The zero-order valence-corrected chi connectivity index (χ0v) is 6.22. The molecule has 0 N–H and O–H groups in total. The lowest BCUT2D eigenvalue weighted by molar-refractivity contribution is 0.200. The van der Waals surface area contributed by atoms with E-state index in [-0.39, 0.29) is 0 Å². The summed E-state index contributed by atoms with van der Waals surface area (Å²) in [7, 11) is 0. The second-order valence-electron chi connectivity index (χ2n) is 2.07. The van der Waals surface area contributed by atoms with E-state index in [9.17, 15) is 0 Å². The van der Waals surface area contributed by atoms with Crippen LogP contribution in [0, 0.1) is 5.92 Å². The maximum atomic E-state index is 4.83. The Morgan fingerprint density at radius 2 is 2.22 bits per heavy atom. The van der Waals surface area contributed by atoms with Gasteiger partial charge in [-0.05, 0) is 13.0 Å². The molecule has 0 aliphatic carbocycles. The zero-order valence-electron chi connectivity index (χ0n) is 6.22. The van der Waals surface area contributed by atoms with Crippen LogP contribution >= 0.6 is 0 Å². The number of hydrogen-bond acceptors (Lipinski definition) is 2. The summed E-state index contributed by atoms with van der Waals surface area (Å²) in [5.41, 5.74) is 0. The first-order valence-electron chi connectivity index (χ1n) is 3.01. The normalized spacial score (nSPS) is 11.8. The minimum atomic E-state index is 0.389. The van der Waals surface area contributed by atoms with Crippen LogP contribution in [-0.4, -0.2) is 6.72 Å². The maximum absolute atomic E-state index is 4.83. The summed E-state index contributed by atoms with van der Waals surface area (Å²) in [6, 6.07) is 0. The molecule has 0 spiro atoms. The van der Waals surface area contributed by atoms with E-state index in [1.807, 2.05) is 26.8 Å². The van der Waals surface area contributed by atoms with E-state index in [4.69, 9.17) is 4.84 Å². The molecule has 0 aliphatic heterocycles. The van der Waals surface area contributed by atoms with Crippen molar-refractivity contribution in [1.82, 2.24) is 0 Å². The van der Waals surface area contributed by atoms with Crippen molar-refractivity contribution >= 4 is 6.72 Å². The lowest BCUT2D eigenvalue weighted by Crippen LogP contribution is -1.94. The van der Waals surface area contributed by atoms with Gasteiger partial charge in [-0.3, -0.25) is 0 Å². The Bertz CT molecular complexity index is 116. The number of hydrogen-bond donors (Lipinski definition) is 0. The van der Waals surface area contributed by atoms with Crippen molar-refractivity contribution in [3.05, 3.63) is 11.8 Å². The molecule has 0 fully saturated rings. The summed E-state index contributed by atoms with van der Waals surface area (Å²) >= 11 is 0. The monoisotopic (exact) mass is 127 g/mol. The fraction of sp³-hybridized carbons (Fsp3) is 0.571. The SMILES string of the molecule is C=NO/C(=C\C)C(C)C. The first-order valence-corrected chi connectivity index (χ1v) is 3.01. The maximum Gasteiger partial charge on any atom is 0.133 e. The van der Waals surface area contributed by atoms with Crippen LogP contribution in [0.15, 0.2) is 17.0 Å². The van der Waals surface area contributed by atoms with Crippen LogP contribution in [0.1, 0.15) is 20.8 Å². The van der Waals surface area contributed by atoms with E-state index in [1.165, 1.54) is 0 Å². The molecule has 0 aromatic heterocycles. The van der Waals surface area contributed by atoms with E-state index >= 15 is 0 Å². The number of oxime groups is 1. The average molecular weight is 127 g/mol. The van der Waals surface area contributed by atoms with Gasteiger partial charge in [0.25, 0.3) is 0 Å². The first kappa shape index (κ1) is 8.21. The number of allylic oxidation sites excluding steroid dienone is 2. The van der Waals surface area contributed by atoms with E-state index < -0.39 is 0 Å². The molecule has 2 nitrogen and oxygen atoms in total. The molecule has 0 saturated heterocycles. The molecular formula is C7H13NO. The minimum Gasteiger partial charge on any atom is -0.362 e. The van der Waals surface area contributed by atoms with Crippen molar-refractivity contribution in [3.8, 4) is 0 Å². The Morgan fingerprint density at radius 1 is 1.67 bits per heavy atom. The Morgan fingerprint density at radius 3 is 2.33 bits per heavy atom. The average Bonchev–Trinajstić information content (AvgIpc) is 1.82. The highest BCUT2D eigenvalue weighted by Crippen LogP contribution is 2.09. The van der Waals surface area contributed by atoms with Crippen LogP contribution in [0.5, 0.6) is 0 Å². The van der Waals surface area contributed by atoms with Crippen molar-refractivity contribution in [2.45, 2.75) is 20.8 Å². The summed E-state index contributed by atoms with van der Waals surface area (Å²) in [6.45, 7) is 9.22. The van der Waals surface area contributed by atoms with Crippen LogP contribution < -0.4 is 0 Å². The molecule has 0 rings (SSSR count). The topological polar surface area (TPSA) is 21.6 Å². The molecule has 0 saturated carbocycles. The Kier molecular flexibility index (Phi) is 3.76. The van der Waals surface area contributed by atoms with Gasteiger partial charge < -0.3 is 4.84 Å². The largest absolute Gasteiger partial charge is 0.362 e. The summed E-state index contributed by atoms with van der Waals surface area (Å²) in [6.07, 6.45) is 1.89. The van der Waals surface area contributed by atoms with Gasteiger partial charge in [-0.2, -0.15) is 0 Å². The molecule has 0 aromatic rings. The summed E-state index contributed by atoms with van der Waals surface area (Å²) < 4.78 is 0. The third-order valence-corrected chi connectivity index (χ3v) is 1.02. The standard InChI is InChI=1S/C7H13NO/c1-5-7(6(2)3)9-8-4/h5-6H,4H2,1-3H3/b7-5-. The number of rotatable bonds is 3. The van der Waals surface area contributed by atoms with E-state index in [2.05, 4.69) is 11.9 Å². The smallest absolute Gasteiger partial charge is 0.133 e. The van der Waals surface area contributed by atoms with Crippen LogP contribution in [0.2, 0.25) is 0 Å². The van der Waals surface area contributed by atoms with Gasteiger partial charge >= 0.3 is 0 Å². The van der Waals surface area contributed by atoms with Crippen molar-refractivity contribution < 1.29 is 4.84 Å². The lowest BCUT2D eigenvalue weighted by Gasteiger charge is -2.05. The minimum absolute atomic E-state index is 0.389. The zero-order chi connectivity index (χ0) is 7.28. The van der Waals surface area contributed by atoms with E-state index in [0.717, 1.165) is 5.76 Å². The molecule has 52 valence electrons. The van der Waals surface area contributed by atoms with Crippen molar-refractivity contribution in [2.75, 3.05) is 0 Å². The third-order valence-electron chi connectivity index (χ3n) is 1.02. The van der Waals surface area contributed by atoms with Crippen molar-refractivity contribution in [3.63, 3.8) is 0 Å². The molecule has 0 heterocycles. The van der Waals surface area contributed by atoms with E-state index in [0.29, 0.717) is 5.92 Å². The molecule has 9 heavy (non-hydrogen) atoms. The summed E-state index contributed by atoms with van der Waals surface area (Å²) in [5.74, 6) is 1.26. The molecule has 0 amide bonds. The van der Waals surface area contributed by atoms with Crippen LogP contribution in [0.25, 0.3) is 0 Å². The van der Waals surface area contributed by atoms with Gasteiger partial charge in [0.05, 0.1) is 0 Å². The van der Waals surface area contributed by atoms with Crippen LogP contribution in [0.4, 0.5) is 0 Å². The highest BCUT2D eigenvalue weighted by molar-refractivity contribution is 5.21. The van der Waals surface area contributed by atoms with Gasteiger partial charge in [0.15, 0.2) is 0 Å². The fourth-order valence-electron chi connectivity index (χ4n) is 0.566. The van der Waals surface area contributed by atoms with Crippen LogP contribution in [0.3, 0.4) is 0 Å². The van der Waals surface area contributed by atoms with Gasteiger partial charge in [-0.15, -0.1) is 0 Å². The summed E-state index contributed by atoms with van der Waals surface area (Å²) in [4.78, 5) is 4.83. The molecular weight excluding hydrogens is 114 g/mol. The third kappa shape index (κ3) is 2.90. The molecule has 0 bridgehead atoms. The molecule has 0 radical (unpaired) electrons. The van der Waals surface area contributed by atoms with Gasteiger partial charge in [-0.25, -0.2) is 0 Å². The highest BCUT2D eigenvalue weighted by atomic mass is 16.6. The quantitative estimate of drug-likeness (QED) is 0.323. The summed E-state index contributed by atoms with van der Waals surface area (Å²) in [5, 5.41) is 3.31. The van der Waals surface area contributed by atoms with Crippen molar-refractivity contribution in [2.24, 2.45) is 11.1 Å². The molecule has 2 heteroatoms. The Balaban J connectivity index is 3.84. The predicted octanol–water partition coefficient (Wildman–Crippen LogP) is 2.18. The van der Waals surface area contributed by atoms with Gasteiger partial charge in [-0.1, -0.05) is 19.0 Å². The molecule has 0 unspecified atom stereocenters. The van der Waals surface area contributed by atoms with Crippen LogP contribution in [-0.2, 0) is 4.84 Å². The molecule has 0 aliphatic rings. The second kappa shape index (κ2) is 4.13.